The Balaban J connectivity index is 2.60. The fourth-order valence-electron chi connectivity index (χ4n) is 2.19. The van der Waals surface area contributed by atoms with Gasteiger partial charge in [-0.3, -0.25) is 4.68 Å². The topological polar surface area (TPSA) is 58.3 Å². The molecule has 104 valence electrons. The first-order chi connectivity index (χ1) is 8.49. The minimum Gasteiger partial charge on any atom is -0.390 e. The van der Waals surface area contributed by atoms with Gasteiger partial charge in [-0.1, -0.05) is 26.7 Å². The molecule has 0 spiro atoms. The first-order valence-electron chi connectivity index (χ1n) is 6.89. The van der Waals surface area contributed by atoms with Crippen LogP contribution in [0.1, 0.15) is 52.3 Å². The number of aliphatic hydroxyl groups is 2. The van der Waals surface area contributed by atoms with E-state index in [4.69, 9.17) is 0 Å². The Morgan fingerprint density at radius 1 is 1.22 bits per heavy atom. The van der Waals surface area contributed by atoms with Crippen LogP contribution in [0, 0.1) is 5.92 Å². The SMILES string of the molecule is CCC(CC)C(O)C(O)Cc1ccn(C(C)C)n1. The summed E-state index contributed by atoms with van der Waals surface area (Å²) < 4.78 is 1.87. The molecule has 0 aromatic carbocycles. The predicted octanol–water partition coefficient (Wildman–Crippen LogP) is 2.16. The maximum atomic E-state index is 10.1. The first-order valence-corrected chi connectivity index (χ1v) is 6.89. The smallest absolute Gasteiger partial charge is 0.0857 e. The lowest BCUT2D eigenvalue weighted by atomic mass is 9.91. The molecule has 2 N–H and O–H groups in total. The summed E-state index contributed by atoms with van der Waals surface area (Å²) in [5.74, 6) is 0.159. The molecule has 0 saturated carbocycles. The van der Waals surface area contributed by atoms with Gasteiger partial charge < -0.3 is 10.2 Å². The highest BCUT2D eigenvalue weighted by Gasteiger charge is 2.24. The van der Waals surface area contributed by atoms with Crippen LogP contribution in [0.3, 0.4) is 0 Å². The lowest BCUT2D eigenvalue weighted by molar-refractivity contribution is -0.0192. The van der Waals surface area contributed by atoms with E-state index in [2.05, 4.69) is 18.9 Å². The van der Waals surface area contributed by atoms with Gasteiger partial charge in [0.15, 0.2) is 0 Å². The van der Waals surface area contributed by atoms with Crippen LogP contribution in [0.4, 0.5) is 0 Å². The van der Waals surface area contributed by atoms with Crippen molar-refractivity contribution in [2.75, 3.05) is 0 Å². The Labute approximate surface area is 110 Å². The summed E-state index contributed by atoms with van der Waals surface area (Å²) in [7, 11) is 0. The van der Waals surface area contributed by atoms with Gasteiger partial charge in [-0.2, -0.15) is 5.10 Å². The van der Waals surface area contributed by atoms with Crippen molar-refractivity contribution < 1.29 is 10.2 Å². The zero-order valence-corrected chi connectivity index (χ0v) is 11.9. The Hall–Kier alpha value is -0.870. The molecular formula is C14H26N2O2. The van der Waals surface area contributed by atoms with Crippen LogP contribution in [0.25, 0.3) is 0 Å². The standard InChI is InChI=1S/C14H26N2O2/c1-5-11(6-2)14(18)13(17)9-12-7-8-16(15-12)10(3)4/h7-8,10-11,13-14,17-18H,5-6,9H2,1-4H3. The second-order valence-corrected chi connectivity index (χ2v) is 5.22. The molecule has 4 heteroatoms. The molecule has 1 heterocycles. The van der Waals surface area contributed by atoms with Crippen LogP contribution in [-0.2, 0) is 6.42 Å². The van der Waals surface area contributed by atoms with E-state index in [0.717, 1.165) is 18.5 Å². The van der Waals surface area contributed by atoms with Crippen molar-refractivity contribution in [1.82, 2.24) is 9.78 Å². The lowest BCUT2D eigenvalue weighted by Crippen LogP contribution is -2.34. The Morgan fingerprint density at radius 3 is 2.28 bits per heavy atom. The molecule has 0 aliphatic rings. The third-order valence-corrected chi connectivity index (χ3v) is 3.54. The average molecular weight is 254 g/mol. The van der Waals surface area contributed by atoms with E-state index in [1.54, 1.807) is 0 Å². The quantitative estimate of drug-likeness (QED) is 0.784. The summed E-state index contributed by atoms with van der Waals surface area (Å²) in [6, 6.07) is 2.22. The van der Waals surface area contributed by atoms with Gasteiger partial charge in [-0.05, 0) is 25.8 Å². The maximum absolute atomic E-state index is 10.1. The van der Waals surface area contributed by atoms with Gasteiger partial charge in [0.1, 0.15) is 0 Å². The molecule has 18 heavy (non-hydrogen) atoms. The summed E-state index contributed by atoms with van der Waals surface area (Å²) in [5.41, 5.74) is 0.834. The number of hydrogen-bond donors (Lipinski definition) is 2. The van der Waals surface area contributed by atoms with Gasteiger partial charge in [-0.15, -0.1) is 0 Å². The van der Waals surface area contributed by atoms with Gasteiger partial charge in [0.05, 0.1) is 17.9 Å². The third-order valence-electron chi connectivity index (χ3n) is 3.54. The summed E-state index contributed by atoms with van der Waals surface area (Å²) in [4.78, 5) is 0. The largest absolute Gasteiger partial charge is 0.390 e. The van der Waals surface area contributed by atoms with Crippen LogP contribution in [0.15, 0.2) is 12.3 Å². The van der Waals surface area contributed by atoms with Crippen molar-refractivity contribution >= 4 is 0 Å². The summed E-state index contributed by atoms with van der Waals surface area (Å²) in [6.45, 7) is 8.20. The number of hydrogen-bond acceptors (Lipinski definition) is 3. The highest BCUT2D eigenvalue weighted by Crippen LogP contribution is 2.18. The fourth-order valence-corrected chi connectivity index (χ4v) is 2.19. The lowest BCUT2D eigenvalue weighted by Gasteiger charge is -2.24. The molecule has 0 amide bonds. The Morgan fingerprint density at radius 2 is 1.83 bits per heavy atom. The third kappa shape index (κ3) is 3.82. The minimum absolute atomic E-state index is 0.159. The Bertz CT molecular complexity index is 345. The summed E-state index contributed by atoms with van der Waals surface area (Å²) in [5, 5.41) is 24.5. The van der Waals surface area contributed by atoms with Crippen molar-refractivity contribution in [3.05, 3.63) is 18.0 Å². The van der Waals surface area contributed by atoms with Crippen molar-refractivity contribution in [2.45, 2.75) is 65.2 Å². The zero-order valence-electron chi connectivity index (χ0n) is 11.9. The van der Waals surface area contributed by atoms with E-state index in [1.807, 2.05) is 30.8 Å². The number of aliphatic hydroxyl groups excluding tert-OH is 2. The molecule has 0 saturated heterocycles. The molecule has 2 unspecified atom stereocenters. The molecular weight excluding hydrogens is 228 g/mol. The van der Waals surface area contributed by atoms with E-state index in [0.29, 0.717) is 12.5 Å². The molecule has 0 aliphatic carbocycles. The molecule has 2 atom stereocenters. The van der Waals surface area contributed by atoms with Crippen molar-refractivity contribution in [3.8, 4) is 0 Å². The summed E-state index contributed by atoms with van der Waals surface area (Å²) in [6.07, 6.45) is 2.70. The van der Waals surface area contributed by atoms with Crippen molar-refractivity contribution in [3.63, 3.8) is 0 Å². The zero-order chi connectivity index (χ0) is 13.7. The van der Waals surface area contributed by atoms with Gasteiger partial charge in [0.2, 0.25) is 0 Å². The highest BCUT2D eigenvalue weighted by molar-refractivity contribution is 5.02. The van der Waals surface area contributed by atoms with Crippen LogP contribution in [-0.4, -0.2) is 32.2 Å². The van der Waals surface area contributed by atoms with Gasteiger partial charge >= 0.3 is 0 Å². The van der Waals surface area contributed by atoms with Crippen LogP contribution >= 0.6 is 0 Å². The molecule has 0 fully saturated rings. The number of nitrogens with zero attached hydrogens (tertiary/aromatic N) is 2. The molecule has 0 bridgehead atoms. The summed E-state index contributed by atoms with van der Waals surface area (Å²) >= 11 is 0. The fraction of sp³-hybridized carbons (Fsp3) is 0.786. The molecule has 0 aliphatic heterocycles. The van der Waals surface area contributed by atoms with Gasteiger partial charge in [0, 0.05) is 18.7 Å². The maximum Gasteiger partial charge on any atom is 0.0857 e. The van der Waals surface area contributed by atoms with E-state index in [9.17, 15) is 10.2 Å². The minimum atomic E-state index is -0.731. The number of rotatable bonds is 7. The monoisotopic (exact) mass is 254 g/mol. The van der Waals surface area contributed by atoms with Crippen LogP contribution < -0.4 is 0 Å². The molecule has 4 nitrogen and oxygen atoms in total. The highest BCUT2D eigenvalue weighted by atomic mass is 16.3. The first kappa shape index (κ1) is 15.2. The van der Waals surface area contributed by atoms with Gasteiger partial charge in [-0.25, -0.2) is 0 Å². The average Bonchev–Trinajstić information content (AvgIpc) is 2.79. The van der Waals surface area contributed by atoms with E-state index in [1.165, 1.54) is 0 Å². The van der Waals surface area contributed by atoms with E-state index < -0.39 is 12.2 Å². The van der Waals surface area contributed by atoms with E-state index in [-0.39, 0.29) is 5.92 Å². The molecule has 0 radical (unpaired) electrons. The normalized spacial score (nSPS) is 15.3. The number of aromatic nitrogens is 2. The van der Waals surface area contributed by atoms with Crippen LogP contribution in [0.5, 0.6) is 0 Å². The van der Waals surface area contributed by atoms with E-state index >= 15 is 0 Å². The van der Waals surface area contributed by atoms with Crippen molar-refractivity contribution in [2.24, 2.45) is 5.92 Å². The molecule has 1 rings (SSSR count). The second-order valence-electron chi connectivity index (χ2n) is 5.22. The van der Waals surface area contributed by atoms with Crippen molar-refractivity contribution in [1.29, 1.82) is 0 Å². The molecule has 1 aromatic rings. The molecule has 1 aromatic heterocycles. The van der Waals surface area contributed by atoms with Gasteiger partial charge in [0.25, 0.3) is 0 Å². The second kappa shape index (κ2) is 6.90. The predicted molar refractivity (Wildman–Crippen MR) is 72.4 cm³/mol. The Kier molecular flexibility index (Phi) is 5.82. The van der Waals surface area contributed by atoms with Crippen LogP contribution in [0.2, 0.25) is 0 Å².